The molecular weight excluding hydrogens is 501 g/mol. The molecule has 0 bridgehead atoms. The summed E-state index contributed by atoms with van der Waals surface area (Å²) in [6.07, 6.45) is 3.71. The Bertz CT molecular complexity index is 1140. The molecule has 36 heavy (non-hydrogen) atoms. The third-order valence-corrected chi connectivity index (χ3v) is 6.33. The Kier molecular flexibility index (Phi) is 10.7. The molecule has 4 rings (SSSR count). The maximum Gasteiger partial charge on any atom is 0.253 e. The third-order valence-electron chi connectivity index (χ3n) is 6.33. The highest BCUT2D eigenvalue weighted by Gasteiger charge is 2.35. The van der Waals surface area contributed by atoms with Crippen LogP contribution in [-0.4, -0.2) is 71.3 Å². The number of aliphatic hydroxyl groups is 1. The topological polar surface area (TPSA) is 105 Å². The summed E-state index contributed by atoms with van der Waals surface area (Å²) in [4.78, 5) is 25.9. The molecule has 0 aliphatic carbocycles. The van der Waals surface area contributed by atoms with Gasteiger partial charge in [-0.2, -0.15) is 0 Å². The van der Waals surface area contributed by atoms with Crippen LogP contribution in [0.2, 0.25) is 0 Å². The van der Waals surface area contributed by atoms with Crippen LogP contribution in [0, 0.1) is 6.92 Å². The summed E-state index contributed by atoms with van der Waals surface area (Å²) in [7, 11) is 1.74. The fourth-order valence-electron chi connectivity index (χ4n) is 4.39. The van der Waals surface area contributed by atoms with Crippen molar-refractivity contribution in [3.63, 3.8) is 0 Å². The van der Waals surface area contributed by atoms with E-state index in [1.54, 1.807) is 42.4 Å². The number of hydrogen-bond acceptors (Lipinski definition) is 7. The summed E-state index contributed by atoms with van der Waals surface area (Å²) in [5.74, 6) is 0.594. The van der Waals surface area contributed by atoms with Crippen LogP contribution in [0.25, 0.3) is 11.0 Å². The summed E-state index contributed by atoms with van der Waals surface area (Å²) in [5, 5.41) is 11.2. The number of ether oxygens (including phenoxy) is 1. The molecule has 1 aromatic carbocycles. The Hall–Kier alpha value is -2.65. The van der Waals surface area contributed by atoms with Crippen LogP contribution in [0.5, 0.6) is 5.75 Å². The molecule has 3 heterocycles. The van der Waals surface area contributed by atoms with Crippen LogP contribution >= 0.6 is 24.8 Å². The smallest absolute Gasteiger partial charge is 0.253 e. The van der Waals surface area contributed by atoms with Crippen LogP contribution < -0.4 is 15.4 Å². The number of aryl methyl sites for hydroxylation is 1. The van der Waals surface area contributed by atoms with Crippen molar-refractivity contribution in [2.45, 2.75) is 31.8 Å². The van der Waals surface area contributed by atoms with Gasteiger partial charge in [0.25, 0.3) is 5.91 Å². The molecule has 0 atom stereocenters. The molecule has 1 fully saturated rings. The minimum absolute atomic E-state index is 0. The molecule has 1 aliphatic rings. The van der Waals surface area contributed by atoms with Crippen LogP contribution in [0.1, 0.15) is 35.3 Å². The van der Waals surface area contributed by atoms with E-state index in [0.29, 0.717) is 50.4 Å². The van der Waals surface area contributed by atoms with E-state index < -0.39 is 5.60 Å². The average molecular weight is 537 g/mol. The van der Waals surface area contributed by atoms with Crippen LogP contribution in [-0.2, 0) is 0 Å². The highest BCUT2D eigenvalue weighted by Crippen LogP contribution is 2.30. The van der Waals surface area contributed by atoms with Crippen molar-refractivity contribution < 1.29 is 14.6 Å². The molecule has 2 aromatic heterocycles. The Labute approximate surface area is 224 Å². The predicted octanol–water partition coefficient (Wildman–Crippen LogP) is 3.61. The molecular formula is C26H35Cl2N5O3. The van der Waals surface area contributed by atoms with Crippen molar-refractivity contribution in [1.82, 2.24) is 14.9 Å². The summed E-state index contributed by atoms with van der Waals surface area (Å²) < 4.78 is 5.60. The van der Waals surface area contributed by atoms with Gasteiger partial charge in [0.2, 0.25) is 0 Å². The molecule has 1 aliphatic heterocycles. The van der Waals surface area contributed by atoms with E-state index in [4.69, 9.17) is 10.5 Å². The molecule has 8 nitrogen and oxygen atoms in total. The second-order valence-electron chi connectivity index (χ2n) is 9.04. The normalized spacial score (nSPS) is 14.5. The number of hydrogen-bond donors (Lipinski definition) is 2. The van der Waals surface area contributed by atoms with Crippen molar-refractivity contribution in [2.24, 2.45) is 5.73 Å². The number of carbonyl (C=O) groups is 1. The molecule has 1 amide bonds. The first-order valence-corrected chi connectivity index (χ1v) is 11.8. The number of amides is 1. The van der Waals surface area contributed by atoms with E-state index in [2.05, 4.69) is 14.9 Å². The zero-order valence-electron chi connectivity index (χ0n) is 20.7. The number of pyridine rings is 2. The van der Waals surface area contributed by atoms with Crippen molar-refractivity contribution in [3.05, 3.63) is 59.9 Å². The fraction of sp³-hybridized carbons (Fsp3) is 0.423. The maximum absolute atomic E-state index is 12.9. The van der Waals surface area contributed by atoms with Crippen LogP contribution in [0.4, 0.5) is 5.69 Å². The van der Waals surface area contributed by atoms with Gasteiger partial charge in [-0.25, -0.2) is 4.98 Å². The molecule has 0 unspecified atom stereocenters. The third kappa shape index (κ3) is 6.97. The van der Waals surface area contributed by atoms with Gasteiger partial charge < -0.3 is 25.4 Å². The summed E-state index contributed by atoms with van der Waals surface area (Å²) >= 11 is 0. The number of halogens is 2. The average Bonchev–Trinajstić information content (AvgIpc) is 2.84. The van der Waals surface area contributed by atoms with Gasteiger partial charge in [-0.1, -0.05) is 0 Å². The lowest BCUT2D eigenvalue weighted by Gasteiger charge is -2.41. The lowest BCUT2D eigenvalue weighted by molar-refractivity contribution is -0.00799. The number of benzene rings is 1. The Morgan fingerprint density at radius 3 is 2.50 bits per heavy atom. The number of nitrogens with zero attached hydrogens (tertiary/aromatic N) is 4. The second kappa shape index (κ2) is 13.1. The fourth-order valence-corrected chi connectivity index (χ4v) is 4.39. The number of piperidine rings is 1. The first-order valence-electron chi connectivity index (χ1n) is 11.8. The summed E-state index contributed by atoms with van der Waals surface area (Å²) in [6, 6.07) is 13.0. The van der Waals surface area contributed by atoms with Crippen molar-refractivity contribution in [3.8, 4) is 5.75 Å². The van der Waals surface area contributed by atoms with Gasteiger partial charge in [-0.3, -0.25) is 9.78 Å². The molecule has 3 aromatic rings. The molecule has 0 radical (unpaired) electrons. The van der Waals surface area contributed by atoms with Gasteiger partial charge in [0.05, 0.1) is 23.4 Å². The van der Waals surface area contributed by atoms with E-state index in [-0.39, 0.29) is 37.3 Å². The van der Waals surface area contributed by atoms with Gasteiger partial charge in [-0.15, -0.1) is 24.8 Å². The molecule has 10 heteroatoms. The summed E-state index contributed by atoms with van der Waals surface area (Å²) in [6.45, 7) is 4.75. The minimum Gasteiger partial charge on any atom is -0.494 e. The number of carbonyl (C=O) groups excluding carboxylic acids is 1. The van der Waals surface area contributed by atoms with E-state index in [9.17, 15) is 9.90 Å². The molecule has 196 valence electrons. The SMILES string of the molecule is Cc1ccc2nccc(N3CCC(O)(CN(C)C(=O)c4ccc(OCCCN)cc4)CC3)c2n1.Cl.Cl. The van der Waals surface area contributed by atoms with Gasteiger partial charge in [0, 0.05) is 44.1 Å². The van der Waals surface area contributed by atoms with E-state index in [1.807, 2.05) is 25.1 Å². The minimum atomic E-state index is -0.932. The summed E-state index contributed by atoms with van der Waals surface area (Å²) in [5.41, 5.74) is 8.86. The van der Waals surface area contributed by atoms with Gasteiger partial charge in [0.15, 0.2) is 0 Å². The molecule has 3 N–H and O–H groups in total. The second-order valence-corrected chi connectivity index (χ2v) is 9.04. The van der Waals surface area contributed by atoms with E-state index >= 15 is 0 Å². The van der Waals surface area contributed by atoms with Gasteiger partial charge in [-0.05, 0) is 75.2 Å². The quantitative estimate of drug-likeness (QED) is 0.424. The lowest BCUT2D eigenvalue weighted by Crippen LogP contribution is -2.51. The predicted molar refractivity (Wildman–Crippen MR) is 148 cm³/mol. The lowest BCUT2D eigenvalue weighted by atomic mass is 9.90. The number of anilines is 1. The highest BCUT2D eigenvalue weighted by atomic mass is 35.5. The Balaban J connectivity index is 0.00000228. The van der Waals surface area contributed by atoms with Gasteiger partial charge in [0.1, 0.15) is 11.3 Å². The van der Waals surface area contributed by atoms with Crippen molar-refractivity contribution in [2.75, 3.05) is 44.7 Å². The van der Waals surface area contributed by atoms with Crippen LogP contribution in [0.15, 0.2) is 48.7 Å². The Morgan fingerprint density at radius 1 is 1.14 bits per heavy atom. The first-order chi connectivity index (χ1) is 16.4. The van der Waals surface area contributed by atoms with Crippen molar-refractivity contribution >= 4 is 47.4 Å². The zero-order valence-corrected chi connectivity index (χ0v) is 22.4. The monoisotopic (exact) mass is 535 g/mol. The highest BCUT2D eigenvalue weighted by molar-refractivity contribution is 5.94. The molecule has 0 saturated carbocycles. The maximum atomic E-state index is 12.9. The standard InChI is InChI=1S/C26H33N5O3.2ClH/c1-19-4-9-22-24(29-19)23(10-14-28-22)31-15-11-26(33,12-16-31)18-30(2)25(32)20-5-7-21(8-6-20)34-17-3-13-27;;/h4-10,14,33H,3,11-13,15-18,27H2,1-2H3;2*1H. The molecule has 0 spiro atoms. The zero-order chi connectivity index (χ0) is 24.1. The number of nitrogens with two attached hydrogens (primary N) is 1. The number of likely N-dealkylation sites (N-methyl/N-ethyl adjacent to an activating group) is 1. The van der Waals surface area contributed by atoms with Crippen molar-refractivity contribution in [1.29, 1.82) is 0 Å². The largest absolute Gasteiger partial charge is 0.494 e. The van der Waals surface area contributed by atoms with Gasteiger partial charge >= 0.3 is 0 Å². The number of rotatable bonds is 8. The number of fused-ring (bicyclic) bond motifs is 1. The molecule has 1 saturated heterocycles. The van der Waals surface area contributed by atoms with E-state index in [0.717, 1.165) is 28.8 Å². The van der Waals surface area contributed by atoms with E-state index in [1.165, 1.54) is 0 Å². The number of aromatic nitrogens is 2. The first kappa shape index (κ1) is 29.6. The van der Waals surface area contributed by atoms with Crippen LogP contribution in [0.3, 0.4) is 0 Å². The Morgan fingerprint density at radius 2 is 1.83 bits per heavy atom.